The third-order valence-electron chi connectivity index (χ3n) is 3.10. The number of fused-ring (bicyclic) bond motifs is 1. The van der Waals surface area contributed by atoms with Crippen molar-refractivity contribution < 1.29 is 8.42 Å². The Kier molecular flexibility index (Phi) is 3.67. The van der Waals surface area contributed by atoms with E-state index in [-0.39, 0.29) is 11.4 Å². The second-order valence-corrected chi connectivity index (χ2v) is 6.70. The van der Waals surface area contributed by atoms with Crippen LogP contribution in [0.5, 0.6) is 0 Å². The van der Waals surface area contributed by atoms with Crippen LogP contribution >= 0.6 is 11.6 Å². The summed E-state index contributed by atoms with van der Waals surface area (Å²) in [7, 11) is -3.60. The van der Waals surface area contributed by atoms with Crippen LogP contribution in [0.25, 0.3) is 11.0 Å². The van der Waals surface area contributed by atoms with Crippen LogP contribution in [0.3, 0.4) is 0 Å². The molecule has 5 nitrogen and oxygen atoms in total. The molecule has 0 fully saturated rings. The summed E-state index contributed by atoms with van der Waals surface area (Å²) in [5, 5.41) is 1.28. The van der Waals surface area contributed by atoms with Gasteiger partial charge in [0, 0.05) is 29.3 Å². The molecule has 0 bridgehead atoms. The Hall–Kier alpha value is -1.89. The fraction of sp³-hybridized carbons (Fsp3) is 0.0714. The average molecular weight is 322 g/mol. The molecule has 0 atom stereocenters. The topological polar surface area (TPSA) is 74.8 Å². The van der Waals surface area contributed by atoms with Crippen LogP contribution in [-0.4, -0.2) is 18.4 Å². The summed E-state index contributed by atoms with van der Waals surface area (Å²) in [6.07, 6.45) is 3.43. The normalized spacial score (nSPS) is 11.9. The summed E-state index contributed by atoms with van der Waals surface area (Å²) in [6, 6.07) is 9.86. The van der Waals surface area contributed by atoms with Crippen LogP contribution in [0.2, 0.25) is 5.02 Å². The van der Waals surface area contributed by atoms with E-state index in [9.17, 15) is 8.42 Å². The van der Waals surface area contributed by atoms with Gasteiger partial charge in [-0.2, -0.15) is 0 Å². The second-order valence-electron chi connectivity index (χ2n) is 4.50. The van der Waals surface area contributed by atoms with Crippen molar-refractivity contribution in [2.24, 2.45) is 0 Å². The number of aromatic amines is 1. The second kappa shape index (κ2) is 5.48. The molecule has 0 saturated heterocycles. The molecule has 0 aliphatic carbocycles. The van der Waals surface area contributed by atoms with Gasteiger partial charge in [0.05, 0.1) is 4.90 Å². The van der Waals surface area contributed by atoms with Crippen molar-refractivity contribution in [3.8, 4) is 0 Å². The number of halogens is 1. The molecule has 0 aliphatic heterocycles. The monoisotopic (exact) mass is 321 g/mol. The van der Waals surface area contributed by atoms with Crippen molar-refractivity contribution >= 4 is 32.7 Å². The third-order valence-corrected chi connectivity index (χ3v) is 4.73. The first-order chi connectivity index (χ1) is 10.1. The van der Waals surface area contributed by atoms with Crippen LogP contribution in [0, 0.1) is 0 Å². The maximum Gasteiger partial charge on any atom is 0.240 e. The third kappa shape index (κ3) is 2.92. The number of sulfonamides is 1. The molecule has 7 heteroatoms. The molecule has 0 spiro atoms. The van der Waals surface area contributed by atoms with E-state index in [0.717, 1.165) is 16.6 Å². The zero-order valence-electron chi connectivity index (χ0n) is 10.9. The number of pyridine rings is 1. The van der Waals surface area contributed by atoms with E-state index in [2.05, 4.69) is 14.7 Å². The number of hydrogen-bond acceptors (Lipinski definition) is 3. The summed E-state index contributed by atoms with van der Waals surface area (Å²) < 4.78 is 27.0. The Balaban J connectivity index is 1.84. The number of hydrogen-bond donors (Lipinski definition) is 2. The summed E-state index contributed by atoms with van der Waals surface area (Å²) in [5.74, 6) is 0. The lowest BCUT2D eigenvalue weighted by Crippen LogP contribution is -2.23. The number of H-pyrrole nitrogens is 1. The smallest absolute Gasteiger partial charge is 0.240 e. The van der Waals surface area contributed by atoms with Gasteiger partial charge in [0.2, 0.25) is 10.0 Å². The lowest BCUT2D eigenvalue weighted by molar-refractivity contribution is 0.581. The SMILES string of the molecule is O=S(=O)(NCc1c[nH]c2ncccc12)c1cccc(Cl)c1. The summed E-state index contributed by atoms with van der Waals surface area (Å²) in [6.45, 7) is 0.181. The summed E-state index contributed by atoms with van der Waals surface area (Å²) in [4.78, 5) is 7.32. The van der Waals surface area contributed by atoms with Crippen molar-refractivity contribution in [1.82, 2.24) is 14.7 Å². The van der Waals surface area contributed by atoms with Gasteiger partial charge in [0.25, 0.3) is 0 Å². The first-order valence-electron chi connectivity index (χ1n) is 6.22. The van der Waals surface area contributed by atoms with Gasteiger partial charge >= 0.3 is 0 Å². The number of nitrogens with one attached hydrogen (secondary N) is 2. The largest absolute Gasteiger partial charge is 0.346 e. The molecule has 2 heterocycles. The predicted molar refractivity (Wildman–Crippen MR) is 81.6 cm³/mol. The van der Waals surface area contributed by atoms with E-state index in [4.69, 9.17) is 11.6 Å². The Labute approximate surface area is 127 Å². The van der Waals surface area contributed by atoms with Gasteiger partial charge in [-0.05, 0) is 35.9 Å². The van der Waals surface area contributed by atoms with Gasteiger partial charge in [-0.15, -0.1) is 0 Å². The van der Waals surface area contributed by atoms with Crippen LogP contribution in [0.15, 0.2) is 53.7 Å². The first kappa shape index (κ1) is 14.1. The molecule has 1 aromatic carbocycles. The molecule has 2 aromatic heterocycles. The quantitative estimate of drug-likeness (QED) is 0.775. The van der Waals surface area contributed by atoms with Gasteiger partial charge in [0.15, 0.2) is 0 Å². The van der Waals surface area contributed by atoms with E-state index in [1.807, 2.05) is 12.1 Å². The summed E-state index contributed by atoms with van der Waals surface area (Å²) >= 11 is 5.82. The highest BCUT2D eigenvalue weighted by atomic mass is 35.5. The van der Waals surface area contributed by atoms with Crippen molar-refractivity contribution in [1.29, 1.82) is 0 Å². The fourth-order valence-corrected chi connectivity index (χ4v) is 3.36. The Morgan fingerprint density at radius 1 is 1.24 bits per heavy atom. The fourth-order valence-electron chi connectivity index (χ4n) is 2.05. The van der Waals surface area contributed by atoms with Gasteiger partial charge in [-0.25, -0.2) is 18.1 Å². The highest BCUT2D eigenvalue weighted by molar-refractivity contribution is 7.89. The maximum atomic E-state index is 12.2. The van der Waals surface area contributed by atoms with Gasteiger partial charge in [-0.3, -0.25) is 0 Å². The molecule has 21 heavy (non-hydrogen) atoms. The van der Waals surface area contributed by atoms with Crippen LogP contribution in [0.1, 0.15) is 5.56 Å². The van der Waals surface area contributed by atoms with Gasteiger partial charge < -0.3 is 4.98 Å². The highest BCUT2D eigenvalue weighted by Gasteiger charge is 2.15. The molecule has 0 radical (unpaired) electrons. The van der Waals surface area contributed by atoms with Gasteiger partial charge in [0.1, 0.15) is 5.65 Å². The minimum absolute atomic E-state index is 0.146. The molecular formula is C14H12ClN3O2S. The van der Waals surface area contributed by atoms with Crippen LogP contribution < -0.4 is 4.72 Å². The molecular weight excluding hydrogens is 310 g/mol. The van der Waals surface area contributed by atoms with Gasteiger partial charge in [-0.1, -0.05) is 17.7 Å². The van der Waals surface area contributed by atoms with Crippen molar-refractivity contribution in [2.45, 2.75) is 11.4 Å². The van der Waals surface area contributed by atoms with Crippen LogP contribution in [-0.2, 0) is 16.6 Å². The van der Waals surface area contributed by atoms with Crippen LogP contribution in [0.4, 0.5) is 0 Å². The van der Waals surface area contributed by atoms with E-state index >= 15 is 0 Å². The van der Waals surface area contributed by atoms with E-state index in [0.29, 0.717) is 5.02 Å². The van der Waals surface area contributed by atoms with Crippen molar-refractivity contribution in [3.63, 3.8) is 0 Å². The molecule has 0 amide bonds. The number of benzene rings is 1. The molecule has 0 aliphatic rings. The zero-order valence-corrected chi connectivity index (χ0v) is 12.4. The minimum Gasteiger partial charge on any atom is -0.346 e. The van der Waals surface area contributed by atoms with Crippen molar-refractivity contribution in [3.05, 3.63) is 59.4 Å². The Morgan fingerprint density at radius 3 is 2.90 bits per heavy atom. The number of nitrogens with zero attached hydrogens (tertiary/aromatic N) is 1. The zero-order chi connectivity index (χ0) is 14.9. The van der Waals surface area contributed by atoms with E-state index in [1.54, 1.807) is 24.5 Å². The minimum atomic E-state index is -3.60. The molecule has 108 valence electrons. The van der Waals surface area contributed by atoms with E-state index < -0.39 is 10.0 Å². The molecule has 0 unspecified atom stereocenters. The Bertz CT molecular complexity index is 890. The van der Waals surface area contributed by atoms with E-state index in [1.165, 1.54) is 12.1 Å². The van der Waals surface area contributed by atoms with Crippen molar-refractivity contribution in [2.75, 3.05) is 0 Å². The molecule has 2 N–H and O–H groups in total. The predicted octanol–water partition coefficient (Wildman–Crippen LogP) is 2.69. The molecule has 0 saturated carbocycles. The number of rotatable bonds is 4. The first-order valence-corrected chi connectivity index (χ1v) is 8.08. The standard InChI is InChI=1S/C14H12ClN3O2S/c15-11-3-1-4-12(7-11)21(19,20)18-9-10-8-17-14-13(10)5-2-6-16-14/h1-8,18H,9H2,(H,16,17). The lowest BCUT2D eigenvalue weighted by Gasteiger charge is -2.06. The highest BCUT2D eigenvalue weighted by Crippen LogP contribution is 2.18. The summed E-state index contributed by atoms with van der Waals surface area (Å²) in [5.41, 5.74) is 1.57. The average Bonchev–Trinajstić information content (AvgIpc) is 2.88. The molecule has 3 rings (SSSR count). The Morgan fingerprint density at radius 2 is 2.10 bits per heavy atom. The maximum absolute atomic E-state index is 12.2. The molecule has 3 aromatic rings. The lowest BCUT2D eigenvalue weighted by atomic mass is 10.2. The number of aromatic nitrogens is 2.